The molecule has 0 unspecified atom stereocenters. The highest BCUT2D eigenvalue weighted by Gasteiger charge is 2.35. The molecule has 9 aromatic carbocycles. The van der Waals surface area contributed by atoms with Crippen LogP contribution in [0.25, 0.3) is 97.0 Å². The molecule has 0 fully saturated rings. The SMILES string of the molecule is CC1(C)c2ccccc2-c2cc(-c3c4ccccc4c(-c4cccc5sc6ccccc6c45)c4ccc(-c5ccc6ccccc6c5)cc34)ccc21. The van der Waals surface area contributed by atoms with Crippen LogP contribution < -0.4 is 0 Å². The van der Waals surface area contributed by atoms with Gasteiger partial charge in [-0.15, -0.1) is 11.3 Å². The summed E-state index contributed by atoms with van der Waals surface area (Å²) in [5.41, 5.74) is 13.1. The molecule has 1 aliphatic carbocycles. The summed E-state index contributed by atoms with van der Waals surface area (Å²) < 4.78 is 2.66. The van der Waals surface area contributed by atoms with Gasteiger partial charge in [0.2, 0.25) is 0 Å². The van der Waals surface area contributed by atoms with Gasteiger partial charge in [-0.05, 0) is 118 Å². The van der Waals surface area contributed by atoms with Crippen molar-refractivity contribution in [2.75, 3.05) is 0 Å². The molecule has 1 aromatic heterocycles. The van der Waals surface area contributed by atoms with E-state index in [0.717, 1.165) is 0 Å². The molecule has 0 aliphatic heterocycles. The first-order valence-corrected chi connectivity index (χ1v) is 19.0. The molecule has 0 radical (unpaired) electrons. The van der Waals surface area contributed by atoms with E-state index in [2.05, 4.69) is 184 Å². The van der Waals surface area contributed by atoms with Crippen LogP contribution in [0.1, 0.15) is 25.0 Å². The number of thiophene rings is 1. The van der Waals surface area contributed by atoms with Gasteiger partial charge in [-0.2, -0.15) is 0 Å². The highest BCUT2D eigenvalue weighted by Crippen LogP contribution is 2.52. The van der Waals surface area contributed by atoms with Gasteiger partial charge in [0, 0.05) is 25.6 Å². The number of hydrogen-bond donors (Lipinski definition) is 0. The van der Waals surface area contributed by atoms with Crippen molar-refractivity contribution in [2.45, 2.75) is 19.3 Å². The van der Waals surface area contributed by atoms with E-state index < -0.39 is 0 Å². The second kappa shape index (κ2) is 11.0. The maximum Gasteiger partial charge on any atom is 0.0361 e. The van der Waals surface area contributed by atoms with Crippen molar-refractivity contribution in [2.24, 2.45) is 0 Å². The van der Waals surface area contributed by atoms with Crippen LogP contribution in [-0.4, -0.2) is 0 Å². The molecule has 0 spiro atoms. The number of fused-ring (bicyclic) bond motifs is 9. The fourth-order valence-electron chi connectivity index (χ4n) is 9.19. The summed E-state index contributed by atoms with van der Waals surface area (Å²) in [6.07, 6.45) is 0. The third kappa shape index (κ3) is 4.21. The zero-order chi connectivity index (χ0) is 34.6. The molecule has 1 aliphatic rings. The minimum Gasteiger partial charge on any atom is -0.135 e. The lowest BCUT2D eigenvalue weighted by molar-refractivity contribution is 0.660. The summed E-state index contributed by atoms with van der Waals surface area (Å²) in [7, 11) is 0. The van der Waals surface area contributed by atoms with Gasteiger partial charge in [-0.3, -0.25) is 0 Å². The summed E-state index contributed by atoms with van der Waals surface area (Å²) in [5, 5.41) is 10.3. The van der Waals surface area contributed by atoms with Crippen LogP contribution in [0.2, 0.25) is 0 Å². The molecule has 0 N–H and O–H groups in total. The Morgan fingerprint density at radius 1 is 0.365 bits per heavy atom. The van der Waals surface area contributed by atoms with Crippen molar-refractivity contribution in [3.05, 3.63) is 181 Å². The topological polar surface area (TPSA) is 0 Å². The molecule has 0 saturated carbocycles. The summed E-state index contributed by atoms with van der Waals surface area (Å²) in [5.74, 6) is 0. The second-order valence-electron chi connectivity index (χ2n) is 14.8. The average molecular weight is 679 g/mol. The highest BCUT2D eigenvalue weighted by atomic mass is 32.1. The van der Waals surface area contributed by atoms with Crippen molar-refractivity contribution < 1.29 is 0 Å². The zero-order valence-corrected chi connectivity index (χ0v) is 29.9. The van der Waals surface area contributed by atoms with Gasteiger partial charge in [0.25, 0.3) is 0 Å². The number of hydrogen-bond acceptors (Lipinski definition) is 1. The van der Waals surface area contributed by atoms with Gasteiger partial charge < -0.3 is 0 Å². The number of rotatable bonds is 3. The van der Waals surface area contributed by atoms with Crippen LogP contribution in [0, 0.1) is 0 Å². The molecule has 244 valence electrons. The largest absolute Gasteiger partial charge is 0.135 e. The first kappa shape index (κ1) is 29.7. The predicted octanol–water partition coefficient (Wildman–Crippen LogP) is 14.8. The molecular weight excluding hydrogens is 645 g/mol. The van der Waals surface area contributed by atoms with Crippen molar-refractivity contribution in [3.63, 3.8) is 0 Å². The quantitative estimate of drug-likeness (QED) is 0.163. The predicted molar refractivity (Wildman–Crippen MR) is 226 cm³/mol. The van der Waals surface area contributed by atoms with Gasteiger partial charge in [-0.1, -0.05) is 153 Å². The first-order valence-electron chi connectivity index (χ1n) is 18.2. The van der Waals surface area contributed by atoms with Gasteiger partial charge in [-0.25, -0.2) is 0 Å². The molecule has 11 rings (SSSR count). The maximum absolute atomic E-state index is 2.47. The lowest BCUT2D eigenvalue weighted by atomic mass is 9.81. The maximum atomic E-state index is 2.47. The van der Waals surface area contributed by atoms with E-state index in [9.17, 15) is 0 Å². The van der Waals surface area contributed by atoms with Gasteiger partial charge in [0.15, 0.2) is 0 Å². The average Bonchev–Trinajstić information content (AvgIpc) is 3.68. The zero-order valence-electron chi connectivity index (χ0n) is 29.1. The van der Waals surface area contributed by atoms with E-state index in [1.54, 1.807) is 0 Å². The summed E-state index contributed by atoms with van der Waals surface area (Å²) >= 11 is 1.89. The van der Waals surface area contributed by atoms with Crippen molar-refractivity contribution in [1.82, 2.24) is 0 Å². The Hall–Kier alpha value is -6.02. The Morgan fingerprint density at radius 2 is 0.981 bits per heavy atom. The van der Waals surface area contributed by atoms with E-state index in [0.29, 0.717) is 0 Å². The fourth-order valence-corrected chi connectivity index (χ4v) is 10.3. The Morgan fingerprint density at radius 3 is 1.87 bits per heavy atom. The van der Waals surface area contributed by atoms with E-state index in [-0.39, 0.29) is 5.41 Å². The fraction of sp³-hybridized carbons (Fsp3) is 0.0588. The first-order chi connectivity index (χ1) is 25.5. The summed E-state index contributed by atoms with van der Waals surface area (Å²) in [6, 6.07) is 63.8. The Bertz CT molecular complexity index is 3100. The summed E-state index contributed by atoms with van der Waals surface area (Å²) in [4.78, 5) is 0. The summed E-state index contributed by atoms with van der Waals surface area (Å²) in [6.45, 7) is 4.73. The van der Waals surface area contributed by atoms with Crippen molar-refractivity contribution in [1.29, 1.82) is 0 Å². The van der Waals surface area contributed by atoms with Crippen molar-refractivity contribution >= 4 is 63.8 Å². The highest BCUT2D eigenvalue weighted by molar-refractivity contribution is 7.25. The van der Waals surface area contributed by atoms with Gasteiger partial charge in [0.05, 0.1) is 0 Å². The third-order valence-electron chi connectivity index (χ3n) is 11.7. The molecule has 52 heavy (non-hydrogen) atoms. The van der Waals surface area contributed by atoms with Crippen molar-refractivity contribution in [3.8, 4) is 44.5 Å². The van der Waals surface area contributed by atoms with Crippen LogP contribution >= 0.6 is 11.3 Å². The molecule has 0 amide bonds. The van der Waals surface area contributed by atoms with Crippen LogP contribution in [-0.2, 0) is 5.41 Å². The Labute approximate surface area is 307 Å². The third-order valence-corrected chi connectivity index (χ3v) is 12.8. The minimum absolute atomic E-state index is 0.0380. The van der Waals surface area contributed by atoms with Crippen LogP contribution in [0.4, 0.5) is 0 Å². The molecule has 10 aromatic rings. The van der Waals surface area contributed by atoms with E-state index in [1.807, 2.05) is 11.3 Å². The van der Waals surface area contributed by atoms with Crippen LogP contribution in [0.15, 0.2) is 170 Å². The molecule has 0 saturated heterocycles. The van der Waals surface area contributed by atoms with Gasteiger partial charge in [0.1, 0.15) is 0 Å². The smallest absolute Gasteiger partial charge is 0.0361 e. The second-order valence-corrected chi connectivity index (χ2v) is 15.9. The van der Waals surface area contributed by atoms with Gasteiger partial charge >= 0.3 is 0 Å². The lowest BCUT2D eigenvalue weighted by Crippen LogP contribution is -2.14. The normalized spacial score (nSPS) is 13.3. The lowest BCUT2D eigenvalue weighted by Gasteiger charge is -2.22. The molecule has 0 bridgehead atoms. The Balaban J connectivity index is 1.26. The van der Waals surface area contributed by atoms with Crippen LogP contribution in [0.5, 0.6) is 0 Å². The number of benzene rings is 9. The molecule has 0 nitrogen and oxygen atoms in total. The molecule has 1 heterocycles. The minimum atomic E-state index is -0.0380. The van der Waals surface area contributed by atoms with E-state index in [4.69, 9.17) is 0 Å². The van der Waals surface area contributed by atoms with E-state index >= 15 is 0 Å². The Kier molecular flexibility index (Phi) is 6.27. The molecular formula is C51H34S. The van der Waals surface area contributed by atoms with Crippen LogP contribution in [0.3, 0.4) is 0 Å². The monoisotopic (exact) mass is 678 g/mol. The standard InChI is InChI=1S/C51H34S/c1-51(2)44-19-9-7-14-36(44)42-30-35(25-27-45(42)51)48-37-15-5-6-16-38(37)49(41-18-11-21-47-50(41)40-17-8-10-20-46(40)52-47)39-26-24-34(29-43(39)48)33-23-22-31-12-3-4-13-32(31)28-33/h3-30H,1-2H3. The molecule has 1 heteroatoms. The molecule has 0 atom stereocenters. The van der Waals surface area contributed by atoms with E-state index in [1.165, 1.54) is 108 Å².